The van der Waals surface area contributed by atoms with Gasteiger partial charge in [0.1, 0.15) is 15.7 Å². The van der Waals surface area contributed by atoms with Crippen LogP contribution in [0.4, 0.5) is 4.39 Å². The SMILES string of the molecule is CNS(=O)(=O)c1ccc(CNC(=O)c2cc3cc(F)ccc3[nH]2)s1. The number of amides is 1. The van der Waals surface area contributed by atoms with Crippen molar-refractivity contribution < 1.29 is 17.6 Å². The van der Waals surface area contributed by atoms with Crippen LogP contribution >= 0.6 is 11.3 Å². The first-order valence-electron chi connectivity index (χ1n) is 6.98. The standard InChI is InChI=1S/C15H14FN3O3S2/c1-17-24(21,22)14-5-3-11(23-14)8-18-15(20)13-7-9-6-10(16)2-4-12(9)19-13/h2-7,17,19H,8H2,1H3,(H,18,20). The highest BCUT2D eigenvalue weighted by atomic mass is 32.2. The Morgan fingerprint density at radius 3 is 2.79 bits per heavy atom. The van der Waals surface area contributed by atoms with E-state index < -0.39 is 10.0 Å². The number of halogens is 1. The van der Waals surface area contributed by atoms with Gasteiger partial charge in [0.25, 0.3) is 5.91 Å². The maximum absolute atomic E-state index is 13.2. The zero-order chi connectivity index (χ0) is 17.3. The summed E-state index contributed by atoms with van der Waals surface area (Å²) in [5, 5.41) is 3.31. The molecule has 24 heavy (non-hydrogen) atoms. The number of hydrogen-bond donors (Lipinski definition) is 3. The molecule has 0 bridgehead atoms. The number of thiophene rings is 1. The van der Waals surface area contributed by atoms with E-state index in [0.29, 0.717) is 21.5 Å². The summed E-state index contributed by atoms with van der Waals surface area (Å²) in [4.78, 5) is 15.8. The minimum absolute atomic E-state index is 0.190. The molecule has 0 saturated carbocycles. The predicted octanol–water partition coefficient (Wildman–Crippen LogP) is 2.21. The van der Waals surface area contributed by atoms with E-state index >= 15 is 0 Å². The molecule has 3 N–H and O–H groups in total. The van der Waals surface area contributed by atoms with Gasteiger partial charge in [-0.3, -0.25) is 4.79 Å². The average Bonchev–Trinajstić information content (AvgIpc) is 3.19. The number of sulfonamides is 1. The van der Waals surface area contributed by atoms with Gasteiger partial charge in [-0.15, -0.1) is 11.3 Å². The molecule has 0 aliphatic rings. The van der Waals surface area contributed by atoms with Gasteiger partial charge >= 0.3 is 0 Å². The number of aromatic amines is 1. The molecule has 3 aromatic rings. The number of fused-ring (bicyclic) bond motifs is 1. The van der Waals surface area contributed by atoms with Gasteiger partial charge in [-0.05, 0) is 43.4 Å². The van der Waals surface area contributed by atoms with Crippen LogP contribution in [-0.2, 0) is 16.6 Å². The molecule has 0 fully saturated rings. The summed E-state index contributed by atoms with van der Waals surface area (Å²) in [6.07, 6.45) is 0. The Morgan fingerprint density at radius 1 is 1.25 bits per heavy atom. The number of rotatable bonds is 5. The van der Waals surface area contributed by atoms with Gasteiger partial charge in [0.05, 0.1) is 6.54 Å². The fraction of sp³-hybridized carbons (Fsp3) is 0.133. The van der Waals surface area contributed by atoms with Crippen molar-refractivity contribution >= 4 is 38.2 Å². The van der Waals surface area contributed by atoms with Gasteiger partial charge in [0.15, 0.2) is 0 Å². The number of carbonyl (C=O) groups excluding carboxylic acids is 1. The van der Waals surface area contributed by atoms with Crippen molar-refractivity contribution in [2.75, 3.05) is 7.05 Å². The van der Waals surface area contributed by atoms with Crippen LogP contribution in [0.3, 0.4) is 0 Å². The highest BCUT2D eigenvalue weighted by molar-refractivity contribution is 7.91. The van der Waals surface area contributed by atoms with Gasteiger partial charge in [0.2, 0.25) is 10.0 Å². The predicted molar refractivity (Wildman–Crippen MR) is 90.0 cm³/mol. The lowest BCUT2D eigenvalue weighted by atomic mass is 10.2. The molecule has 126 valence electrons. The molecule has 0 unspecified atom stereocenters. The second kappa shape index (κ2) is 6.34. The van der Waals surface area contributed by atoms with Crippen molar-refractivity contribution in [3.8, 4) is 0 Å². The van der Waals surface area contributed by atoms with E-state index in [1.165, 1.54) is 25.2 Å². The Bertz CT molecular complexity index is 1010. The van der Waals surface area contributed by atoms with E-state index in [4.69, 9.17) is 0 Å². The second-order valence-corrected chi connectivity index (χ2v) is 8.31. The van der Waals surface area contributed by atoms with Crippen LogP contribution in [0.15, 0.2) is 40.6 Å². The third-order valence-corrected chi connectivity index (χ3v) is 6.41. The molecule has 1 amide bonds. The summed E-state index contributed by atoms with van der Waals surface area (Å²) in [6.45, 7) is 0.201. The van der Waals surface area contributed by atoms with Crippen molar-refractivity contribution in [2.24, 2.45) is 0 Å². The van der Waals surface area contributed by atoms with Crippen LogP contribution in [0.25, 0.3) is 10.9 Å². The molecule has 0 spiro atoms. The quantitative estimate of drug-likeness (QED) is 0.646. The van der Waals surface area contributed by atoms with Crippen molar-refractivity contribution in [2.45, 2.75) is 10.8 Å². The van der Waals surface area contributed by atoms with E-state index in [1.54, 1.807) is 18.2 Å². The summed E-state index contributed by atoms with van der Waals surface area (Å²) in [5.41, 5.74) is 0.982. The molecule has 2 heterocycles. The molecule has 9 heteroatoms. The molecular weight excluding hydrogens is 353 g/mol. The van der Waals surface area contributed by atoms with Crippen molar-refractivity contribution in [3.05, 3.63) is 52.8 Å². The van der Waals surface area contributed by atoms with Crippen LogP contribution in [0.1, 0.15) is 15.4 Å². The first kappa shape index (κ1) is 16.6. The molecule has 0 aliphatic carbocycles. The van der Waals surface area contributed by atoms with Gasteiger partial charge in [-0.2, -0.15) is 0 Å². The normalized spacial score (nSPS) is 11.8. The lowest BCUT2D eigenvalue weighted by molar-refractivity contribution is 0.0947. The Kier molecular flexibility index (Phi) is 4.39. The van der Waals surface area contributed by atoms with Crippen LogP contribution in [-0.4, -0.2) is 26.4 Å². The monoisotopic (exact) mass is 367 g/mol. The lowest BCUT2D eigenvalue weighted by Gasteiger charge is -2.01. The van der Waals surface area contributed by atoms with Crippen molar-refractivity contribution in [3.63, 3.8) is 0 Å². The molecular formula is C15H14FN3O3S2. The summed E-state index contributed by atoms with van der Waals surface area (Å²) >= 11 is 1.08. The molecule has 2 aromatic heterocycles. The minimum atomic E-state index is -3.48. The number of hydrogen-bond acceptors (Lipinski definition) is 4. The maximum Gasteiger partial charge on any atom is 0.268 e. The maximum atomic E-state index is 13.2. The minimum Gasteiger partial charge on any atom is -0.351 e. The average molecular weight is 367 g/mol. The summed E-state index contributed by atoms with van der Waals surface area (Å²) < 4.78 is 39.0. The molecule has 1 aromatic carbocycles. The summed E-state index contributed by atoms with van der Waals surface area (Å²) in [5.74, 6) is -0.719. The third-order valence-electron chi connectivity index (χ3n) is 3.42. The van der Waals surface area contributed by atoms with E-state index in [-0.39, 0.29) is 22.5 Å². The fourth-order valence-electron chi connectivity index (χ4n) is 2.19. The Labute approximate surface area is 141 Å². The van der Waals surface area contributed by atoms with Gasteiger partial charge in [-0.25, -0.2) is 17.5 Å². The first-order valence-corrected chi connectivity index (χ1v) is 9.28. The molecule has 3 rings (SSSR count). The van der Waals surface area contributed by atoms with Crippen LogP contribution < -0.4 is 10.0 Å². The first-order chi connectivity index (χ1) is 11.4. The number of nitrogens with one attached hydrogen (secondary N) is 3. The summed E-state index contributed by atoms with van der Waals surface area (Å²) in [7, 11) is -2.13. The number of benzene rings is 1. The largest absolute Gasteiger partial charge is 0.351 e. The van der Waals surface area contributed by atoms with Crippen molar-refractivity contribution in [1.29, 1.82) is 0 Å². The Balaban J connectivity index is 1.71. The molecule has 0 saturated heterocycles. The highest BCUT2D eigenvalue weighted by Gasteiger charge is 2.15. The molecule has 0 aliphatic heterocycles. The zero-order valence-corrected chi connectivity index (χ0v) is 14.2. The van der Waals surface area contributed by atoms with Gasteiger partial charge < -0.3 is 10.3 Å². The third kappa shape index (κ3) is 3.32. The molecule has 0 radical (unpaired) electrons. The number of carbonyl (C=O) groups is 1. The number of aromatic nitrogens is 1. The number of H-pyrrole nitrogens is 1. The molecule has 0 atom stereocenters. The highest BCUT2D eigenvalue weighted by Crippen LogP contribution is 2.21. The summed E-state index contributed by atoms with van der Waals surface area (Å²) in [6, 6.07) is 8.93. The van der Waals surface area contributed by atoms with E-state index in [9.17, 15) is 17.6 Å². The van der Waals surface area contributed by atoms with Gasteiger partial charge in [0, 0.05) is 15.8 Å². The van der Waals surface area contributed by atoms with Crippen LogP contribution in [0.5, 0.6) is 0 Å². The van der Waals surface area contributed by atoms with E-state index in [1.807, 2.05) is 0 Å². The van der Waals surface area contributed by atoms with Gasteiger partial charge in [-0.1, -0.05) is 0 Å². The fourth-order valence-corrected chi connectivity index (χ4v) is 4.32. The zero-order valence-electron chi connectivity index (χ0n) is 12.6. The second-order valence-electron chi connectivity index (χ2n) is 5.03. The Hall–Kier alpha value is -2.23. The topological polar surface area (TPSA) is 91.1 Å². The smallest absolute Gasteiger partial charge is 0.268 e. The lowest BCUT2D eigenvalue weighted by Crippen LogP contribution is -2.22. The van der Waals surface area contributed by atoms with Crippen LogP contribution in [0, 0.1) is 5.82 Å². The van der Waals surface area contributed by atoms with E-state index in [0.717, 1.165) is 11.3 Å². The Morgan fingerprint density at radius 2 is 2.04 bits per heavy atom. The molecule has 6 nitrogen and oxygen atoms in total. The van der Waals surface area contributed by atoms with Crippen molar-refractivity contribution in [1.82, 2.24) is 15.0 Å². The van der Waals surface area contributed by atoms with E-state index in [2.05, 4.69) is 15.0 Å². The van der Waals surface area contributed by atoms with Crippen LogP contribution in [0.2, 0.25) is 0 Å².